The number of anilines is 1. The Balaban J connectivity index is 2.69. The fraction of sp³-hybridized carbons (Fsp3) is 0.125. The van der Waals surface area contributed by atoms with Crippen LogP contribution in [0.3, 0.4) is 0 Å². The van der Waals surface area contributed by atoms with Crippen molar-refractivity contribution in [3.05, 3.63) is 29.3 Å². The van der Waals surface area contributed by atoms with Gasteiger partial charge in [0.15, 0.2) is 6.67 Å². The minimum atomic E-state index is -1.02. The lowest BCUT2D eigenvalue weighted by molar-refractivity contribution is -0.117. The molecule has 1 aromatic rings. The molecular weight excluding hydrogens is 181 g/mol. The van der Waals surface area contributed by atoms with E-state index < -0.39 is 12.6 Å². The van der Waals surface area contributed by atoms with Crippen molar-refractivity contribution in [3.63, 3.8) is 0 Å². The van der Waals surface area contributed by atoms with E-state index in [0.717, 1.165) is 0 Å². The van der Waals surface area contributed by atoms with Gasteiger partial charge in [-0.25, -0.2) is 4.39 Å². The maximum Gasteiger partial charge on any atom is 0.255 e. The maximum absolute atomic E-state index is 11.7. The molecule has 0 fully saturated rings. The van der Waals surface area contributed by atoms with Gasteiger partial charge in [-0.05, 0) is 18.2 Å². The standard InChI is InChI=1S/C8H7ClFNO/c9-6-2-1-3-7(4-6)11-8(12)5-10/h1-4H,5H2,(H,11,12). The van der Waals surface area contributed by atoms with Gasteiger partial charge in [-0.3, -0.25) is 4.79 Å². The van der Waals surface area contributed by atoms with Gasteiger partial charge in [-0.15, -0.1) is 0 Å². The highest BCUT2D eigenvalue weighted by Crippen LogP contribution is 2.14. The van der Waals surface area contributed by atoms with E-state index in [1.165, 1.54) is 0 Å². The summed E-state index contributed by atoms with van der Waals surface area (Å²) < 4.78 is 11.7. The van der Waals surface area contributed by atoms with Crippen molar-refractivity contribution < 1.29 is 9.18 Å². The van der Waals surface area contributed by atoms with Gasteiger partial charge in [-0.1, -0.05) is 17.7 Å². The number of carbonyl (C=O) groups excluding carboxylic acids is 1. The Hall–Kier alpha value is -1.09. The molecule has 2 nitrogen and oxygen atoms in total. The Morgan fingerprint density at radius 1 is 1.58 bits per heavy atom. The van der Waals surface area contributed by atoms with Crippen molar-refractivity contribution in [2.75, 3.05) is 12.0 Å². The number of halogens is 2. The highest BCUT2D eigenvalue weighted by Gasteiger charge is 1.99. The maximum atomic E-state index is 11.7. The van der Waals surface area contributed by atoms with Crippen LogP contribution in [0, 0.1) is 0 Å². The number of amides is 1. The number of hydrogen-bond donors (Lipinski definition) is 1. The normalized spacial score (nSPS) is 9.50. The van der Waals surface area contributed by atoms with Crippen molar-refractivity contribution in [1.82, 2.24) is 0 Å². The third-order valence-electron chi connectivity index (χ3n) is 1.23. The van der Waals surface area contributed by atoms with Crippen LogP contribution in [0.15, 0.2) is 24.3 Å². The summed E-state index contributed by atoms with van der Waals surface area (Å²) in [5.74, 6) is -0.669. The van der Waals surface area contributed by atoms with Crippen LogP contribution in [0.25, 0.3) is 0 Å². The Morgan fingerprint density at radius 3 is 2.92 bits per heavy atom. The molecular formula is C8H7ClFNO. The molecule has 0 radical (unpaired) electrons. The summed E-state index contributed by atoms with van der Waals surface area (Å²) in [4.78, 5) is 10.6. The SMILES string of the molecule is O=C(CF)Nc1cccc(Cl)c1. The van der Waals surface area contributed by atoms with Crippen LogP contribution in [0.1, 0.15) is 0 Å². The number of hydrogen-bond acceptors (Lipinski definition) is 1. The van der Waals surface area contributed by atoms with E-state index >= 15 is 0 Å². The molecule has 1 rings (SSSR count). The summed E-state index contributed by atoms with van der Waals surface area (Å²) in [6, 6.07) is 6.54. The van der Waals surface area contributed by atoms with E-state index in [4.69, 9.17) is 11.6 Å². The van der Waals surface area contributed by atoms with Gasteiger partial charge in [0.2, 0.25) is 0 Å². The van der Waals surface area contributed by atoms with Crippen molar-refractivity contribution in [3.8, 4) is 0 Å². The molecule has 0 saturated heterocycles. The summed E-state index contributed by atoms with van der Waals surface area (Å²) in [6.45, 7) is -1.02. The Labute approximate surface area is 74.3 Å². The van der Waals surface area contributed by atoms with Gasteiger partial charge in [-0.2, -0.15) is 0 Å². The molecule has 0 unspecified atom stereocenters. The van der Waals surface area contributed by atoms with Crippen LogP contribution in [-0.2, 0) is 4.79 Å². The smallest absolute Gasteiger partial charge is 0.255 e. The van der Waals surface area contributed by atoms with Crippen molar-refractivity contribution >= 4 is 23.2 Å². The second kappa shape index (κ2) is 4.07. The highest BCUT2D eigenvalue weighted by atomic mass is 35.5. The first-order valence-electron chi connectivity index (χ1n) is 3.34. The zero-order valence-corrected chi connectivity index (χ0v) is 6.94. The Kier molecular flexibility index (Phi) is 3.05. The minimum absolute atomic E-state index is 0.505. The zero-order valence-electron chi connectivity index (χ0n) is 6.18. The molecule has 1 aromatic carbocycles. The molecule has 0 aliphatic heterocycles. The zero-order chi connectivity index (χ0) is 8.97. The monoisotopic (exact) mass is 187 g/mol. The predicted octanol–water partition coefficient (Wildman–Crippen LogP) is 2.25. The van der Waals surface area contributed by atoms with Crippen molar-refractivity contribution in [1.29, 1.82) is 0 Å². The molecule has 1 amide bonds. The summed E-state index contributed by atoms with van der Waals surface area (Å²) in [6.07, 6.45) is 0. The van der Waals surface area contributed by atoms with Crippen LogP contribution >= 0.6 is 11.6 Å². The Morgan fingerprint density at radius 2 is 2.33 bits per heavy atom. The Bertz CT molecular complexity index is 290. The molecule has 12 heavy (non-hydrogen) atoms. The third-order valence-corrected chi connectivity index (χ3v) is 1.46. The molecule has 4 heteroatoms. The third kappa shape index (κ3) is 2.51. The number of benzene rings is 1. The van der Waals surface area contributed by atoms with E-state index in [1.807, 2.05) is 0 Å². The van der Waals surface area contributed by atoms with E-state index in [9.17, 15) is 9.18 Å². The quantitative estimate of drug-likeness (QED) is 0.756. The first-order valence-corrected chi connectivity index (χ1v) is 3.71. The first kappa shape index (κ1) is 9.00. The molecule has 0 aliphatic carbocycles. The van der Waals surface area contributed by atoms with Gasteiger partial charge in [0, 0.05) is 10.7 Å². The summed E-state index contributed by atoms with van der Waals surface area (Å²) in [5.41, 5.74) is 0.505. The summed E-state index contributed by atoms with van der Waals surface area (Å²) in [7, 11) is 0. The average Bonchev–Trinajstić information content (AvgIpc) is 2.04. The second-order valence-electron chi connectivity index (χ2n) is 2.19. The van der Waals surface area contributed by atoms with Crippen molar-refractivity contribution in [2.24, 2.45) is 0 Å². The van der Waals surface area contributed by atoms with E-state index in [0.29, 0.717) is 10.7 Å². The minimum Gasteiger partial charge on any atom is -0.324 e. The van der Waals surface area contributed by atoms with Crippen LogP contribution < -0.4 is 5.32 Å². The second-order valence-corrected chi connectivity index (χ2v) is 2.63. The molecule has 0 heterocycles. The number of nitrogens with one attached hydrogen (secondary N) is 1. The van der Waals surface area contributed by atoms with E-state index in [-0.39, 0.29) is 0 Å². The number of alkyl halides is 1. The molecule has 0 saturated carbocycles. The topological polar surface area (TPSA) is 29.1 Å². The van der Waals surface area contributed by atoms with Crippen LogP contribution in [0.5, 0.6) is 0 Å². The molecule has 1 N–H and O–H groups in total. The van der Waals surface area contributed by atoms with Gasteiger partial charge < -0.3 is 5.32 Å². The van der Waals surface area contributed by atoms with E-state index in [2.05, 4.69) is 5.32 Å². The lowest BCUT2D eigenvalue weighted by atomic mass is 10.3. The molecule has 0 spiro atoms. The van der Waals surface area contributed by atoms with Gasteiger partial charge in [0.25, 0.3) is 5.91 Å². The van der Waals surface area contributed by atoms with E-state index in [1.54, 1.807) is 24.3 Å². The first-order chi connectivity index (χ1) is 5.72. The van der Waals surface area contributed by atoms with Crippen molar-refractivity contribution in [2.45, 2.75) is 0 Å². The lowest BCUT2D eigenvalue weighted by Crippen LogP contribution is -2.12. The fourth-order valence-corrected chi connectivity index (χ4v) is 0.951. The largest absolute Gasteiger partial charge is 0.324 e. The van der Waals surface area contributed by atoms with Gasteiger partial charge in [0.1, 0.15) is 0 Å². The number of carbonyl (C=O) groups is 1. The molecule has 0 aromatic heterocycles. The predicted molar refractivity (Wildman–Crippen MR) is 46.1 cm³/mol. The summed E-state index contributed by atoms with van der Waals surface area (Å²) >= 11 is 5.63. The van der Waals surface area contributed by atoms with Crippen LogP contribution in [-0.4, -0.2) is 12.6 Å². The summed E-state index contributed by atoms with van der Waals surface area (Å²) in [5, 5.41) is 2.84. The molecule has 0 bridgehead atoms. The number of rotatable bonds is 2. The van der Waals surface area contributed by atoms with Gasteiger partial charge >= 0.3 is 0 Å². The lowest BCUT2D eigenvalue weighted by Gasteiger charge is -2.01. The van der Waals surface area contributed by atoms with Crippen LogP contribution in [0.2, 0.25) is 5.02 Å². The molecule has 64 valence electrons. The van der Waals surface area contributed by atoms with Crippen LogP contribution in [0.4, 0.5) is 10.1 Å². The molecule has 0 atom stereocenters. The van der Waals surface area contributed by atoms with Gasteiger partial charge in [0.05, 0.1) is 0 Å². The fourth-order valence-electron chi connectivity index (χ4n) is 0.761. The average molecular weight is 188 g/mol. The molecule has 0 aliphatic rings. The highest BCUT2D eigenvalue weighted by molar-refractivity contribution is 6.30.